The molecule has 0 aliphatic carbocycles. The van der Waals surface area contributed by atoms with E-state index in [1.807, 2.05) is 13.8 Å². The van der Waals surface area contributed by atoms with Crippen LogP contribution in [0, 0.1) is 5.41 Å². The molecular formula is C18H25NO7. The molecule has 2 rings (SSSR count). The van der Waals surface area contributed by atoms with Crippen molar-refractivity contribution in [1.29, 1.82) is 0 Å². The van der Waals surface area contributed by atoms with Gasteiger partial charge in [-0.3, -0.25) is 4.79 Å². The van der Waals surface area contributed by atoms with E-state index in [4.69, 9.17) is 19.3 Å². The summed E-state index contributed by atoms with van der Waals surface area (Å²) in [6.45, 7) is 4.07. The summed E-state index contributed by atoms with van der Waals surface area (Å²) >= 11 is 0. The lowest BCUT2D eigenvalue weighted by Gasteiger charge is -2.41. The molecule has 1 amide bonds. The highest BCUT2D eigenvalue weighted by molar-refractivity contribution is 5.82. The van der Waals surface area contributed by atoms with Crippen molar-refractivity contribution < 1.29 is 34.0 Å². The number of aliphatic carboxylic acids is 1. The van der Waals surface area contributed by atoms with E-state index in [0.717, 1.165) is 5.56 Å². The number of carbonyl (C=O) groups is 2. The molecule has 8 heteroatoms. The van der Waals surface area contributed by atoms with Crippen molar-refractivity contribution in [2.45, 2.75) is 38.8 Å². The van der Waals surface area contributed by atoms with Crippen LogP contribution in [0.5, 0.6) is 5.75 Å². The standard InChI is InChI=1S/C18H25NO7/c1-18(2)10-25-17(11-4-6-12(24-3)7-5-11)26-14(18)15(21)19-9-8-13(20)16(22)23/h4-7,13-14,17,20H,8-10H2,1-3H3,(H,19,21)(H,22,23)/t13?,14-,17+/m0/s1. The molecule has 1 heterocycles. The Balaban J connectivity index is 2.00. The molecule has 26 heavy (non-hydrogen) atoms. The van der Waals surface area contributed by atoms with Crippen LogP contribution < -0.4 is 10.1 Å². The van der Waals surface area contributed by atoms with Crippen molar-refractivity contribution in [2.24, 2.45) is 5.41 Å². The van der Waals surface area contributed by atoms with Crippen molar-refractivity contribution in [3.63, 3.8) is 0 Å². The van der Waals surface area contributed by atoms with Gasteiger partial charge in [-0.25, -0.2) is 4.79 Å². The highest BCUT2D eigenvalue weighted by Gasteiger charge is 2.43. The molecule has 1 unspecified atom stereocenters. The zero-order valence-electron chi connectivity index (χ0n) is 15.1. The third kappa shape index (κ3) is 4.94. The molecule has 0 bridgehead atoms. The molecule has 1 aliphatic rings. The summed E-state index contributed by atoms with van der Waals surface area (Å²) in [6.07, 6.45) is -3.04. The van der Waals surface area contributed by atoms with Gasteiger partial charge in [-0.15, -0.1) is 0 Å². The summed E-state index contributed by atoms with van der Waals surface area (Å²) in [5.74, 6) is -0.980. The van der Waals surface area contributed by atoms with Crippen molar-refractivity contribution >= 4 is 11.9 Å². The van der Waals surface area contributed by atoms with Crippen LogP contribution in [0.15, 0.2) is 24.3 Å². The summed E-state index contributed by atoms with van der Waals surface area (Å²) in [5.41, 5.74) is 0.207. The number of nitrogens with one attached hydrogen (secondary N) is 1. The number of hydrogen-bond acceptors (Lipinski definition) is 6. The van der Waals surface area contributed by atoms with Crippen LogP contribution in [-0.2, 0) is 19.1 Å². The Morgan fingerprint density at radius 3 is 2.58 bits per heavy atom. The SMILES string of the molecule is COc1ccc([C@@H]2OCC(C)(C)[C@H](C(=O)NCCC(O)C(=O)O)O2)cc1. The minimum absolute atomic E-state index is 0.0380. The summed E-state index contributed by atoms with van der Waals surface area (Å²) in [7, 11) is 1.58. The Morgan fingerprint density at radius 1 is 1.35 bits per heavy atom. The number of carboxylic acid groups (broad SMARTS) is 1. The highest BCUT2D eigenvalue weighted by atomic mass is 16.7. The third-order valence-electron chi connectivity index (χ3n) is 4.20. The first-order chi connectivity index (χ1) is 12.2. The first-order valence-corrected chi connectivity index (χ1v) is 8.34. The number of amides is 1. The van der Waals surface area contributed by atoms with E-state index in [1.54, 1.807) is 31.4 Å². The topological polar surface area (TPSA) is 114 Å². The van der Waals surface area contributed by atoms with Gasteiger partial charge in [0.1, 0.15) is 11.9 Å². The summed E-state index contributed by atoms with van der Waals surface area (Å²) in [6, 6.07) is 7.17. The lowest BCUT2D eigenvalue weighted by molar-refractivity contribution is -0.258. The average molecular weight is 367 g/mol. The predicted octanol–water partition coefficient (Wildman–Crippen LogP) is 1.09. The quantitative estimate of drug-likeness (QED) is 0.661. The molecule has 144 valence electrons. The second kappa shape index (κ2) is 8.48. The van der Waals surface area contributed by atoms with Crippen LogP contribution >= 0.6 is 0 Å². The van der Waals surface area contributed by atoms with Crippen LogP contribution in [0.3, 0.4) is 0 Å². The predicted molar refractivity (Wildman–Crippen MR) is 91.6 cm³/mol. The molecule has 3 atom stereocenters. The first kappa shape index (κ1) is 20.2. The number of carboxylic acids is 1. The number of benzene rings is 1. The van der Waals surface area contributed by atoms with E-state index in [0.29, 0.717) is 12.4 Å². The Bertz CT molecular complexity index is 629. The molecular weight excluding hydrogens is 342 g/mol. The second-order valence-corrected chi connectivity index (χ2v) is 6.85. The van der Waals surface area contributed by atoms with Gasteiger partial charge in [-0.1, -0.05) is 26.0 Å². The van der Waals surface area contributed by atoms with Gasteiger partial charge < -0.3 is 29.7 Å². The fourth-order valence-corrected chi connectivity index (χ4v) is 2.61. The smallest absolute Gasteiger partial charge is 0.332 e. The Labute approximate surface area is 152 Å². The van der Waals surface area contributed by atoms with E-state index >= 15 is 0 Å². The van der Waals surface area contributed by atoms with Crippen molar-refractivity contribution in [2.75, 3.05) is 20.3 Å². The number of rotatable bonds is 7. The van der Waals surface area contributed by atoms with Crippen LogP contribution in [0.25, 0.3) is 0 Å². The van der Waals surface area contributed by atoms with Crippen LogP contribution in [0.4, 0.5) is 0 Å². The third-order valence-corrected chi connectivity index (χ3v) is 4.20. The molecule has 0 aromatic heterocycles. The molecule has 1 saturated heterocycles. The van der Waals surface area contributed by atoms with E-state index in [2.05, 4.69) is 5.32 Å². The summed E-state index contributed by atoms with van der Waals surface area (Å²) in [4.78, 5) is 23.1. The molecule has 0 radical (unpaired) electrons. The van der Waals surface area contributed by atoms with E-state index < -0.39 is 29.9 Å². The number of carbonyl (C=O) groups excluding carboxylic acids is 1. The molecule has 0 saturated carbocycles. The van der Waals surface area contributed by atoms with Crippen LogP contribution in [-0.4, -0.2) is 54.6 Å². The van der Waals surface area contributed by atoms with Gasteiger partial charge in [0.15, 0.2) is 12.4 Å². The monoisotopic (exact) mass is 367 g/mol. The first-order valence-electron chi connectivity index (χ1n) is 8.34. The van der Waals surface area contributed by atoms with Gasteiger partial charge in [0, 0.05) is 23.9 Å². The molecule has 1 aliphatic heterocycles. The Hall–Kier alpha value is -2.16. The summed E-state index contributed by atoms with van der Waals surface area (Å²) < 4.78 is 16.7. The Morgan fingerprint density at radius 2 is 2.00 bits per heavy atom. The van der Waals surface area contributed by atoms with Crippen molar-refractivity contribution in [3.8, 4) is 5.75 Å². The van der Waals surface area contributed by atoms with Gasteiger partial charge in [0.2, 0.25) is 5.91 Å². The van der Waals surface area contributed by atoms with Gasteiger partial charge >= 0.3 is 5.97 Å². The van der Waals surface area contributed by atoms with Crippen molar-refractivity contribution in [3.05, 3.63) is 29.8 Å². The van der Waals surface area contributed by atoms with Gasteiger partial charge in [-0.2, -0.15) is 0 Å². The lowest BCUT2D eigenvalue weighted by atomic mass is 9.85. The molecule has 0 spiro atoms. The maximum Gasteiger partial charge on any atom is 0.332 e. The molecule has 1 fully saturated rings. The number of aliphatic hydroxyl groups excluding tert-OH is 1. The zero-order chi connectivity index (χ0) is 19.3. The number of aliphatic hydroxyl groups is 1. The summed E-state index contributed by atoms with van der Waals surface area (Å²) in [5, 5.41) is 20.6. The van der Waals surface area contributed by atoms with Crippen molar-refractivity contribution in [1.82, 2.24) is 5.32 Å². The number of ether oxygens (including phenoxy) is 3. The minimum atomic E-state index is -1.51. The van der Waals surface area contributed by atoms with E-state index in [-0.39, 0.29) is 18.9 Å². The van der Waals surface area contributed by atoms with Gasteiger partial charge in [0.05, 0.1) is 13.7 Å². The highest BCUT2D eigenvalue weighted by Crippen LogP contribution is 2.36. The normalized spacial score (nSPS) is 23.1. The zero-order valence-corrected chi connectivity index (χ0v) is 15.1. The maximum atomic E-state index is 12.5. The van der Waals surface area contributed by atoms with E-state index in [9.17, 15) is 14.7 Å². The fraction of sp³-hybridized carbons (Fsp3) is 0.556. The maximum absolute atomic E-state index is 12.5. The number of hydrogen-bond donors (Lipinski definition) is 3. The lowest BCUT2D eigenvalue weighted by Crippen LogP contribution is -2.52. The minimum Gasteiger partial charge on any atom is -0.497 e. The van der Waals surface area contributed by atoms with Gasteiger partial charge in [0.25, 0.3) is 0 Å². The number of methoxy groups -OCH3 is 1. The molecule has 3 N–H and O–H groups in total. The Kier molecular flexibility index (Phi) is 6.57. The van der Waals surface area contributed by atoms with E-state index in [1.165, 1.54) is 0 Å². The fourth-order valence-electron chi connectivity index (χ4n) is 2.61. The molecule has 1 aromatic rings. The van der Waals surface area contributed by atoms with Crippen LogP contribution in [0.1, 0.15) is 32.1 Å². The van der Waals surface area contributed by atoms with Gasteiger partial charge in [-0.05, 0) is 12.1 Å². The average Bonchev–Trinajstić information content (AvgIpc) is 2.61. The molecule has 1 aromatic carbocycles. The molecule has 8 nitrogen and oxygen atoms in total. The van der Waals surface area contributed by atoms with Crippen LogP contribution in [0.2, 0.25) is 0 Å². The second-order valence-electron chi connectivity index (χ2n) is 6.85. The largest absolute Gasteiger partial charge is 0.497 e.